The number of nitrogens with zero attached hydrogens (tertiary/aromatic N) is 3. The Bertz CT molecular complexity index is 1070. The number of anilines is 1. The van der Waals surface area contributed by atoms with Crippen molar-refractivity contribution >= 4 is 32.5 Å². The van der Waals surface area contributed by atoms with Gasteiger partial charge in [-0.25, -0.2) is 8.42 Å². The van der Waals surface area contributed by atoms with Gasteiger partial charge in [0.25, 0.3) is 10.0 Å². The summed E-state index contributed by atoms with van der Waals surface area (Å²) in [7, 11) is -3.88. The lowest BCUT2D eigenvalue weighted by Gasteiger charge is -2.13. The smallest absolute Gasteiger partial charge is 0.264 e. The summed E-state index contributed by atoms with van der Waals surface area (Å²) in [5, 5.41) is 4.68. The number of hydrogen-bond donors (Lipinski definition) is 2. The second-order valence-corrected chi connectivity index (χ2v) is 7.36. The largest absolute Gasteiger partial charge is 0.368 e. The molecular weight excluding hydrogens is 342 g/mol. The second kappa shape index (κ2) is 6.17. The molecule has 1 amide bonds. The lowest BCUT2D eigenvalue weighted by molar-refractivity contribution is -0.118. The Morgan fingerprint density at radius 2 is 2.08 bits per heavy atom. The Morgan fingerprint density at radius 3 is 2.80 bits per heavy atom. The summed E-state index contributed by atoms with van der Waals surface area (Å²) in [5.41, 5.74) is 7.31. The molecule has 0 radical (unpaired) electrons. The number of rotatable bonds is 5. The number of sulfonamides is 1. The molecule has 0 unspecified atom stereocenters. The first-order chi connectivity index (χ1) is 11.8. The van der Waals surface area contributed by atoms with Crippen molar-refractivity contribution in [2.45, 2.75) is 25.3 Å². The highest BCUT2D eigenvalue weighted by Gasteiger charge is 2.23. The number of nitrogens with two attached hydrogens (primary N) is 1. The number of hydrogen-bond acceptors (Lipinski definition) is 5. The fourth-order valence-electron chi connectivity index (χ4n) is 2.77. The van der Waals surface area contributed by atoms with E-state index in [0.29, 0.717) is 11.1 Å². The molecule has 25 heavy (non-hydrogen) atoms. The summed E-state index contributed by atoms with van der Waals surface area (Å²) in [5.74, 6) is -0.568. The predicted molar refractivity (Wildman–Crippen MR) is 93.4 cm³/mol. The normalized spacial score (nSPS) is 11.6. The van der Waals surface area contributed by atoms with Crippen LogP contribution < -0.4 is 10.5 Å². The Hall–Kier alpha value is -2.94. The fourth-order valence-corrected chi connectivity index (χ4v) is 4.18. The number of benzene rings is 1. The highest BCUT2D eigenvalue weighted by Crippen LogP contribution is 2.29. The Labute approximate surface area is 144 Å². The lowest BCUT2D eigenvalue weighted by Crippen LogP contribution is -2.19. The van der Waals surface area contributed by atoms with Crippen LogP contribution in [-0.2, 0) is 21.4 Å². The molecule has 3 N–H and O–H groups in total. The van der Waals surface area contributed by atoms with Gasteiger partial charge >= 0.3 is 0 Å². The molecule has 0 saturated carbocycles. The molecule has 3 aromatic rings. The van der Waals surface area contributed by atoms with Crippen molar-refractivity contribution in [3.63, 3.8) is 0 Å². The summed E-state index contributed by atoms with van der Waals surface area (Å²) in [6.45, 7) is 3.51. The van der Waals surface area contributed by atoms with E-state index < -0.39 is 15.9 Å². The maximum absolute atomic E-state index is 12.9. The van der Waals surface area contributed by atoms with Gasteiger partial charge in [0.1, 0.15) is 11.4 Å². The zero-order chi connectivity index (χ0) is 18.2. The van der Waals surface area contributed by atoms with Crippen LogP contribution in [0, 0.1) is 13.8 Å². The van der Waals surface area contributed by atoms with E-state index in [4.69, 9.17) is 5.73 Å². The van der Waals surface area contributed by atoms with E-state index in [2.05, 4.69) is 14.8 Å². The molecule has 0 fully saturated rings. The van der Waals surface area contributed by atoms with E-state index in [1.807, 2.05) is 19.1 Å². The highest BCUT2D eigenvalue weighted by molar-refractivity contribution is 7.93. The second-order valence-electron chi connectivity index (χ2n) is 5.74. The third kappa shape index (κ3) is 3.31. The number of aryl methyl sites for hydroxylation is 2. The van der Waals surface area contributed by atoms with Gasteiger partial charge in [0.15, 0.2) is 0 Å². The Kier molecular flexibility index (Phi) is 4.17. The van der Waals surface area contributed by atoms with Crippen LogP contribution >= 0.6 is 0 Å². The van der Waals surface area contributed by atoms with E-state index in [1.54, 1.807) is 19.2 Å². The standard InChI is InChI=1S/C16H17N5O3S/c1-10-6-11(2)16(15-13(10)4-3-5-18-15)25(23,24)20-12-7-19-21(8-12)9-14(17)22/h3-8,20H,9H2,1-2H3,(H2,17,22). The van der Waals surface area contributed by atoms with Gasteiger partial charge in [0.2, 0.25) is 5.91 Å². The monoisotopic (exact) mass is 359 g/mol. The van der Waals surface area contributed by atoms with Crippen LogP contribution in [0.2, 0.25) is 0 Å². The summed E-state index contributed by atoms with van der Waals surface area (Å²) < 4.78 is 29.5. The molecule has 130 valence electrons. The van der Waals surface area contributed by atoms with E-state index >= 15 is 0 Å². The molecule has 0 aliphatic rings. The first-order valence-electron chi connectivity index (χ1n) is 7.46. The van der Waals surface area contributed by atoms with Crippen molar-refractivity contribution in [2.75, 3.05) is 4.72 Å². The topological polar surface area (TPSA) is 120 Å². The molecule has 2 heterocycles. The Balaban J connectivity index is 2.05. The molecule has 3 rings (SSSR count). The third-order valence-electron chi connectivity index (χ3n) is 3.71. The van der Waals surface area contributed by atoms with Gasteiger partial charge in [0.05, 0.1) is 17.4 Å². The van der Waals surface area contributed by atoms with Crippen LogP contribution in [0.3, 0.4) is 0 Å². The number of carbonyl (C=O) groups excluding carboxylic acids is 1. The van der Waals surface area contributed by atoms with Gasteiger partial charge in [-0.05, 0) is 31.0 Å². The van der Waals surface area contributed by atoms with Crippen LogP contribution in [0.4, 0.5) is 5.69 Å². The minimum Gasteiger partial charge on any atom is -0.368 e. The number of aromatic nitrogens is 3. The Morgan fingerprint density at radius 1 is 1.32 bits per heavy atom. The first-order valence-corrected chi connectivity index (χ1v) is 8.95. The number of pyridine rings is 1. The van der Waals surface area contributed by atoms with E-state index in [1.165, 1.54) is 17.1 Å². The fraction of sp³-hybridized carbons (Fsp3) is 0.188. The van der Waals surface area contributed by atoms with Gasteiger partial charge in [-0.1, -0.05) is 12.1 Å². The number of amides is 1. The van der Waals surface area contributed by atoms with Crippen LogP contribution in [0.5, 0.6) is 0 Å². The minimum atomic E-state index is -3.88. The molecule has 0 aliphatic heterocycles. The van der Waals surface area contributed by atoms with Gasteiger partial charge in [-0.3, -0.25) is 19.2 Å². The van der Waals surface area contributed by atoms with Crippen molar-refractivity contribution in [1.29, 1.82) is 0 Å². The lowest BCUT2D eigenvalue weighted by atomic mass is 10.1. The predicted octanol–water partition coefficient (Wildman–Crippen LogP) is 1.33. The van der Waals surface area contributed by atoms with Crippen molar-refractivity contribution in [2.24, 2.45) is 5.73 Å². The van der Waals surface area contributed by atoms with Crippen LogP contribution in [0.1, 0.15) is 11.1 Å². The SMILES string of the molecule is Cc1cc(C)c2cccnc2c1S(=O)(=O)Nc1cnn(CC(N)=O)c1. The first kappa shape index (κ1) is 16.9. The molecular formula is C16H17N5O3S. The van der Waals surface area contributed by atoms with Gasteiger partial charge in [0, 0.05) is 17.8 Å². The summed E-state index contributed by atoms with van der Waals surface area (Å²) in [6.07, 6.45) is 4.28. The summed E-state index contributed by atoms with van der Waals surface area (Å²) in [6, 6.07) is 5.42. The number of carbonyl (C=O) groups is 1. The molecule has 1 aromatic carbocycles. The molecule has 0 atom stereocenters. The quantitative estimate of drug-likeness (QED) is 0.712. The third-order valence-corrected chi connectivity index (χ3v) is 5.27. The summed E-state index contributed by atoms with van der Waals surface area (Å²) in [4.78, 5) is 15.3. The number of fused-ring (bicyclic) bond motifs is 1. The zero-order valence-corrected chi connectivity index (χ0v) is 14.5. The number of nitrogens with one attached hydrogen (secondary N) is 1. The van der Waals surface area contributed by atoms with Gasteiger partial charge in [-0.2, -0.15) is 5.10 Å². The van der Waals surface area contributed by atoms with Crippen molar-refractivity contribution in [1.82, 2.24) is 14.8 Å². The molecule has 0 spiro atoms. The van der Waals surface area contributed by atoms with E-state index in [9.17, 15) is 13.2 Å². The molecule has 0 aliphatic carbocycles. The minimum absolute atomic E-state index is 0.122. The van der Waals surface area contributed by atoms with Gasteiger partial charge < -0.3 is 5.73 Å². The molecule has 9 heteroatoms. The molecule has 0 saturated heterocycles. The molecule has 0 bridgehead atoms. The maximum Gasteiger partial charge on any atom is 0.264 e. The maximum atomic E-state index is 12.9. The number of primary amides is 1. The van der Waals surface area contributed by atoms with E-state index in [0.717, 1.165) is 10.9 Å². The zero-order valence-electron chi connectivity index (χ0n) is 13.7. The molecule has 2 aromatic heterocycles. The van der Waals surface area contributed by atoms with Crippen LogP contribution in [0.25, 0.3) is 10.9 Å². The average Bonchev–Trinajstić information content (AvgIpc) is 2.92. The van der Waals surface area contributed by atoms with Crippen molar-refractivity contribution < 1.29 is 13.2 Å². The highest BCUT2D eigenvalue weighted by atomic mass is 32.2. The van der Waals surface area contributed by atoms with Gasteiger partial charge in [-0.15, -0.1) is 0 Å². The van der Waals surface area contributed by atoms with Crippen LogP contribution in [-0.4, -0.2) is 29.1 Å². The van der Waals surface area contributed by atoms with Crippen LogP contribution in [0.15, 0.2) is 41.7 Å². The average molecular weight is 359 g/mol. The molecule has 8 nitrogen and oxygen atoms in total. The summed E-state index contributed by atoms with van der Waals surface area (Å²) >= 11 is 0. The van der Waals surface area contributed by atoms with Crippen molar-refractivity contribution in [3.05, 3.63) is 47.9 Å². The van der Waals surface area contributed by atoms with Crippen molar-refractivity contribution in [3.8, 4) is 0 Å². The van der Waals surface area contributed by atoms with E-state index in [-0.39, 0.29) is 17.1 Å².